The number of hydrogen-bond acceptors (Lipinski definition) is 5. The molecule has 0 aromatic heterocycles. The summed E-state index contributed by atoms with van der Waals surface area (Å²) in [5.41, 5.74) is 2.24. The lowest BCUT2D eigenvalue weighted by Crippen LogP contribution is -2.51. The fourth-order valence-electron chi connectivity index (χ4n) is 5.13. The van der Waals surface area contributed by atoms with E-state index in [4.69, 9.17) is 5.84 Å². The summed E-state index contributed by atoms with van der Waals surface area (Å²) >= 11 is 0. The topological polar surface area (TPSA) is 125 Å². The molecule has 8 heteroatoms. The van der Waals surface area contributed by atoms with Crippen LogP contribution in [0.4, 0.5) is 0 Å². The van der Waals surface area contributed by atoms with Gasteiger partial charge in [-0.25, -0.2) is 5.84 Å². The number of carbonyl (C=O) groups is 3. The van der Waals surface area contributed by atoms with Crippen molar-refractivity contribution in [2.24, 2.45) is 16.7 Å². The van der Waals surface area contributed by atoms with Gasteiger partial charge in [-0.15, -0.1) is 0 Å². The Bertz CT molecular complexity index is 1080. The first-order chi connectivity index (χ1) is 17.0. The molecule has 0 aliphatic heterocycles. The van der Waals surface area contributed by atoms with Crippen molar-refractivity contribution in [3.8, 4) is 0 Å². The quantitative estimate of drug-likeness (QED) is 0.170. The number of amides is 2. The fourth-order valence-corrected chi connectivity index (χ4v) is 5.13. The lowest BCUT2D eigenvalue weighted by Gasteiger charge is -2.51. The molecular weight excluding hydrogens is 456 g/mol. The molecule has 1 aromatic carbocycles. The Kier molecular flexibility index (Phi) is 8.40. The molecule has 0 heterocycles. The molecule has 1 aromatic rings. The molecule has 0 spiro atoms. The van der Waals surface area contributed by atoms with Gasteiger partial charge in [0.1, 0.15) is 5.70 Å². The van der Waals surface area contributed by atoms with Crippen LogP contribution in [0.2, 0.25) is 0 Å². The summed E-state index contributed by atoms with van der Waals surface area (Å²) in [7, 11) is 0. The van der Waals surface area contributed by atoms with Crippen LogP contribution in [0.25, 0.3) is 0 Å². The molecule has 5 N–H and O–H groups in total. The third kappa shape index (κ3) is 6.05. The van der Waals surface area contributed by atoms with Gasteiger partial charge in [-0.05, 0) is 76.4 Å². The number of nitrogens with one attached hydrogen (secondary N) is 2. The van der Waals surface area contributed by atoms with Crippen molar-refractivity contribution in [3.05, 3.63) is 71.1 Å². The van der Waals surface area contributed by atoms with Gasteiger partial charge in [0.15, 0.2) is 0 Å². The minimum Gasteiger partial charge on any atom is -0.481 e. The zero-order valence-corrected chi connectivity index (χ0v) is 21.5. The SMILES string of the molecule is C=C(/C=C(/C(=O)NCC12CCC(C(=O)O)(CC1)CC2)N(N)/C(C)=C\C)C(=O)NCc1cccc(C)c1. The summed E-state index contributed by atoms with van der Waals surface area (Å²) < 4.78 is 0. The number of benzene rings is 1. The van der Waals surface area contributed by atoms with Crippen LogP contribution in [0, 0.1) is 17.8 Å². The molecular formula is C28H38N4O4. The Balaban J connectivity index is 1.68. The van der Waals surface area contributed by atoms with Crippen molar-refractivity contribution >= 4 is 17.8 Å². The zero-order valence-electron chi connectivity index (χ0n) is 21.5. The number of aryl methyl sites for hydroxylation is 1. The summed E-state index contributed by atoms with van der Waals surface area (Å²) in [6, 6.07) is 7.84. The molecule has 3 fully saturated rings. The van der Waals surface area contributed by atoms with Crippen LogP contribution in [0.1, 0.15) is 63.5 Å². The molecule has 3 aliphatic rings. The van der Waals surface area contributed by atoms with Crippen molar-refractivity contribution in [1.82, 2.24) is 15.6 Å². The molecule has 3 aliphatic carbocycles. The summed E-state index contributed by atoms with van der Waals surface area (Å²) in [6.07, 6.45) is 7.40. The standard InChI is InChI=1S/C28H38N4O4/c1-5-21(4)32(29)23(16-20(3)24(33)30-17-22-8-6-7-19(2)15-22)25(34)31-18-27-9-12-28(13-10-27,14-11-27)26(35)36/h5-8,15-16H,3,9-14,17-18,29H2,1-2,4H3,(H,30,33)(H,31,34)(H,35,36)/b21-5-,23-16-. The first kappa shape index (κ1) is 27.2. The van der Waals surface area contributed by atoms with Gasteiger partial charge in [0.05, 0.1) is 5.41 Å². The van der Waals surface area contributed by atoms with Crippen molar-refractivity contribution in [3.63, 3.8) is 0 Å². The van der Waals surface area contributed by atoms with Gasteiger partial charge in [-0.1, -0.05) is 42.5 Å². The maximum absolute atomic E-state index is 13.3. The van der Waals surface area contributed by atoms with E-state index in [0.717, 1.165) is 30.4 Å². The molecule has 2 amide bonds. The van der Waals surface area contributed by atoms with E-state index in [2.05, 4.69) is 17.2 Å². The van der Waals surface area contributed by atoms with Crippen LogP contribution < -0.4 is 16.5 Å². The fraction of sp³-hybridized carbons (Fsp3) is 0.464. The molecule has 0 atom stereocenters. The second-order valence-corrected chi connectivity index (χ2v) is 10.3. The van der Waals surface area contributed by atoms with Crippen molar-refractivity contribution in [1.29, 1.82) is 0 Å². The van der Waals surface area contributed by atoms with Gasteiger partial charge in [0.25, 0.3) is 11.8 Å². The summed E-state index contributed by atoms with van der Waals surface area (Å²) in [5, 5.41) is 16.7. The predicted octanol–water partition coefficient (Wildman–Crippen LogP) is 3.69. The van der Waals surface area contributed by atoms with E-state index < -0.39 is 23.2 Å². The van der Waals surface area contributed by atoms with Gasteiger partial charge in [0.2, 0.25) is 0 Å². The van der Waals surface area contributed by atoms with E-state index in [0.29, 0.717) is 38.0 Å². The number of nitrogens with two attached hydrogens (primary N) is 1. The van der Waals surface area contributed by atoms with E-state index in [1.165, 1.54) is 11.1 Å². The molecule has 4 rings (SSSR count). The van der Waals surface area contributed by atoms with E-state index in [1.807, 2.05) is 38.1 Å². The first-order valence-electron chi connectivity index (χ1n) is 12.4. The van der Waals surface area contributed by atoms with E-state index in [-0.39, 0.29) is 16.7 Å². The van der Waals surface area contributed by atoms with Gasteiger partial charge in [-0.2, -0.15) is 0 Å². The second-order valence-electron chi connectivity index (χ2n) is 10.3. The average Bonchev–Trinajstić information content (AvgIpc) is 2.89. The average molecular weight is 495 g/mol. The number of fused-ring (bicyclic) bond motifs is 3. The van der Waals surface area contributed by atoms with E-state index in [9.17, 15) is 19.5 Å². The maximum atomic E-state index is 13.3. The number of hydrazine groups is 1. The number of carboxylic acid groups (broad SMARTS) is 1. The smallest absolute Gasteiger partial charge is 0.309 e. The number of carboxylic acids is 1. The normalized spacial score (nSPS) is 23.7. The molecule has 0 radical (unpaired) electrons. The second kappa shape index (κ2) is 11.1. The highest BCUT2D eigenvalue weighted by molar-refractivity contribution is 6.00. The maximum Gasteiger partial charge on any atom is 0.309 e. The minimum absolute atomic E-state index is 0.102. The van der Waals surface area contributed by atoms with Crippen molar-refractivity contribution in [2.75, 3.05) is 6.54 Å². The van der Waals surface area contributed by atoms with Crippen LogP contribution >= 0.6 is 0 Å². The summed E-state index contributed by atoms with van der Waals surface area (Å²) in [4.78, 5) is 37.7. The Hall–Kier alpha value is -3.39. The van der Waals surface area contributed by atoms with Crippen LogP contribution in [0.15, 0.2) is 60.0 Å². The summed E-state index contributed by atoms with van der Waals surface area (Å²) in [5.74, 6) is 4.74. The number of aliphatic carboxylic acids is 1. The lowest BCUT2D eigenvalue weighted by molar-refractivity contribution is -0.159. The Morgan fingerprint density at radius 2 is 1.75 bits per heavy atom. The van der Waals surface area contributed by atoms with Crippen LogP contribution in [-0.4, -0.2) is 34.4 Å². The largest absolute Gasteiger partial charge is 0.481 e. The number of rotatable bonds is 10. The Morgan fingerprint density at radius 3 is 2.31 bits per heavy atom. The number of allylic oxidation sites excluding steroid dienone is 2. The number of hydrogen-bond donors (Lipinski definition) is 4. The van der Waals surface area contributed by atoms with Gasteiger partial charge < -0.3 is 15.7 Å². The molecule has 0 unspecified atom stereocenters. The molecule has 0 saturated heterocycles. The van der Waals surface area contributed by atoms with Crippen LogP contribution in [0.5, 0.6) is 0 Å². The minimum atomic E-state index is -0.704. The predicted molar refractivity (Wildman–Crippen MR) is 139 cm³/mol. The van der Waals surface area contributed by atoms with Gasteiger partial charge in [-0.3, -0.25) is 19.4 Å². The summed E-state index contributed by atoms with van der Waals surface area (Å²) in [6.45, 7) is 10.2. The van der Waals surface area contributed by atoms with Gasteiger partial charge in [0, 0.05) is 24.4 Å². The Labute approximate surface area is 213 Å². The Morgan fingerprint density at radius 1 is 1.11 bits per heavy atom. The van der Waals surface area contributed by atoms with E-state index in [1.54, 1.807) is 13.0 Å². The zero-order chi connectivity index (χ0) is 26.5. The first-order valence-corrected chi connectivity index (χ1v) is 12.4. The highest BCUT2D eigenvalue weighted by Gasteiger charge is 2.52. The molecule has 194 valence electrons. The van der Waals surface area contributed by atoms with Gasteiger partial charge >= 0.3 is 5.97 Å². The van der Waals surface area contributed by atoms with Crippen LogP contribution in [0.3, 0.4) is 0 Å². The highest BCUT2D eigenvalue weighted by Crippen LogP contribution is 2.56. The third-order valence-corrected chi connectivity index (χ3v) is 7.91. The lowest BCUT2D eigenvalue weighted by atomic mass is 9.53. The molecule has 36 heavy (non-hydrogen) atoms. The van der Waals surface area contributed by atoms with Crippen molar-refractivity contribution < 1.29 is 19.5 Å². The molecule has 2 bridgehead atoms. The van der Waals surface area contributed by atoms with E-state index >= 15 is 0 Å². The monoisotopic (exact) mass is 494 g/mol. The van der Waals surface area contributed by atoms with Crippen molar-refractivity contribution in [2.45, 2.75) is 65.8 Å². The molecule has 3 saturated carbocycles. The third-order valence-electron chi connectivity index (χ3n) is 7.91. The number of nitrogens with zero attached hydrogens (tertiary/aromatic N) is 1. The molecule has 8 nitrogen and oxygen atoms in total. The highest BCUT2D eigenvalue weighted by atomic mass is 16.4. The number of carbonyl (C=O) groups excluding carboxylic acids is 2. The van der Waals surface area contributed by atoms with Crippen LogP contribution in [-0.2, 0) is 20.9 Å².